The summed E-state index contributed by atoms with van der Waals surface area (Å²) >= 11 is 0. The fourth-order valence-electron chi connectivity index (χ4n) is 4.78. The van der Waals surface area contributed by atoms with Crippen LogP contribution in [0.25, 0.3) is 22.2 Å². The molecular weight excluding hydrogens is 407 g/mol. The van der Waals surface area contributed by atoms with Crippen molar-refractivity contribution in [1.82, 2.24) is 14.5 Å². The minimum atomic E-state index is -0.900. The molecule has 0 spiro atoms. The third-order valence-corrected chi connectivity index (χ3v) is 6.73. The summed E-state index contributed by atoms with van der Waals surface area (Å²) < 4.78 is 15.3. The van der Waals surface area contributed by atoms with Crippen LogP contribution in [0.2, 0.25) is 0 Å². The molecule has 0 saturated heterocycles. The lowest BCUT2D eigenvalue weighted by Gasteiger charge is -2.22. The van der Waals surface area contributed by atoms with Gasteiger partial charge in [0.25, 0.3) is 0 Å². The van der Waals surface area contributed by atoms with Gasteiger partial charge in [0.05, 0.1) is 17.5 Å². The Hall–Kier alpha value is -3.29. The molecule has 5 atom stereocenters. The standard InChI is InChI=1S/C25H25FN4O2/c1-14-15(2)22(31)23(32)21(14)30-12-19(16-6-4-3-5-7-16)20-24(27-13-28-25(20)30)29-18-10-8-17(26)9-11-18/h3-15,21-23,31-32H,1-2H3,(H,27,28,29)/t14-,15?,21?,22?,23?/m0/s1. The lowest BCUT2D eigenvalue weighted by Crippen LogP contribution is -2.29. The predicted molar refractivity (Wildman–Crippen MR) is 122 cm³/mol. The molecule has 1 aliphatic rings. The lowest BCUT2D eigenvalue weighted by atomic mass is 9.97. The van der Waals surface area contributed by atoms with Gasteiger partial charge in [-0.3, -0.25) is 0 Å². The third kappa shape index (κ3) is 3.34. The second-order valence-electron chi connectivity index (χ2n) is 8.56. The van der Waals surface area contributed by atoms with Crippen molar-refractivity contribution in [1.29, 1.82) is 0 Å². The van der Waals surface area contributed by atoms with Crippen molar-refractivity contribution in [2.24, 2.45) is 11.8 Å². The highest BCUT2D eigenvalue weighted by Crippen LogP contribution is 2.44. The number of halogens is 1. The molecule has 4 aromatic rings. The largest absolute Gasteiger partial charge is 0.390 e. The maximum Gasteiger partial charge on any atom is 0.146 e. The molecule has 32 heavy (non-hydrogen) atoms. The van der Waals surface area contributed by atoms with E-state index in [0.717, 1.165) is 16.5 Å². The highest BCUT2D eigenvalue weighted by atomic mass is 19.1. The Morgan fingerprint density at radius 1 is 0.906 bits per heavy atom. The molecule has 4 unspecified atom stereocenters. The molecule has 7 heteroatoms. The minimum absolute atomic E-state index is 0.0442. The molecule has 1 saturated carbocycles. The van der Waals surface area contributed by atoms with Crippen LogP contribution in [0.1, 0.15) is 19.9 Å². The van der Waals surface area contributed by atoms with Crippen molar-refractivity contribution < 1.29 is 14.6 Å². The molecule has 6 nitrogen and oxygen atoms in total. The smallest absolute Gasteiger partial charge is 0.146 e. The number of hydrogen-bond donors (Lipinski definition) is 3. The first-order valence-electron chi connectivity index (χ1n) is 10.8. The van der Waals surface area contributed by atoms with Crippen LogP contribution in [0, 0.1) is 17.7 Å². The summed E-state index contributed by atoms with van der Waals surface area (Å²) in [6.45, 7) is 4.00. The maximum atomic E-state index is 13.4. The van der Waals surface area contributed by atoms with E-state index >= 15 is 0 Å². The number of fused-ring (bicyclic) bond motifs is 1. The zero-order valence-corrected chi connectivity index (χ0v) is 17.9. The summed E-state index contributed by atoms with van der Waals surface area (Å²) in [6.07, 6.45) is 1.76. The zero-order valence-electron chi connectivity index (χ0n) is 17.9. The molecule has 1 fully saturated rings. The first-order chi connectivity index (χ1) is 15.5. The molecule has 2 heterocycles. The molecule has 5 rings (SSSR count). The van der Waals surface area contributed by atoms with E-state index in [4.69, 9.17) is 0 Å². The number of rotatable bonds is 4. The number of aliphatic hydroxyl groups excluding tert-OH is 2. The molecule has 0 radical (unpaired) electrons. The molecule has 2 aromatic carbocycles. The molecule has 164 valence electrons. The quantitative estimate of drug-likeness (QED) is 0.441. The van der Waals surface area contributed by atoms with Gasteiger partial charge in [0.2, 0.25) is 0 Å². The van der Waals surface area contributed by atoms with Crippen molar-refractivity contribution in [2.75, 3.05) is 5.32 Å². The van der Waals surface area contributed by atoms with Crippen LogP contribution < -0.4 is 5.32 Å². The summed E-state index contributed by atoms with van der Waals surface area (Å²) in [5.74, 6) is 0.276. The average Bonchev–Trinajstić information content (AvgIpc) is 3.28. The molecule has 2 aromatic heterocycles. The first-order valence-corrected chi connectivity index (χ1v) is 10.8. The number of nitrogens with one attached hydrogen (secondary N) is 1. The van der Waals surface area contributed by atoms with Gasteiger partial charge >= 0.3 is 0 Å². The Bertz CT molecular complexity index is 1230. The Balaban J connectivity index is 1.71. The van der Waals surface area contributed by atoms with Gasteiger partial charge in [0.1, 0.15) is 29.7 Å². The van der Waals surface area contributed by atoms with E-state index in [-0.39, 0.29) is 23.7 Å². The highest BCUT2D eigenvalue weighted by molar-refractivity contribution is 6.02. The van der Waals surface area contributed by atoms with Crippen molar-refractivity contribution in [3.05, 3.63) is 72.9 Å². The normalized spacial score (nSPS) is 25.3. The first kappa shape index (κ1) is 20.6. The number of nitrogens with zero attached hydrogens (tertiary/aromatic N) is 3. The van der Waals surface area contributed by atoms with Gasteiger partial charge in [-0.15, -0.1) is 0 Å². The van der Waals surface area contributed by atoms with E-state index in [0.29, 0.717) is 17.2 Å². The van der Waals surface area contributed by atoms with Gasteiger partial charge in [-0.1, -0.05) is 44.2 Å². The fourth-order valence-corrected chi connectivity index (χ4v) is 4.78. The zero-order chi connectivity index (χ0) is 22.4. The van der Waals surface area contributed by atoms with Crippen LogP contribution in [-0.4, -0.2) is 37.0 Å². The van der Waals surface area contributed by atoms with Crippen LogP contribution in [0.3, 0.4) is 0 Å². The predicted octanol–water partition coefficient (Wildman–Crippen LogP) is 4.53. The molecule has 0 bridgehead atoms. The van der Waals surface area contributed by atoms with Gasteiger partial charge in [-0.05, 0) is 41.7 Å². The Morgan fingerprint density at radius 2 is 1.62 bits per heavy atom. The van der Waals surface area contributed by atoms with E-state index in [9.17, 15) is 14.6 Å². The SMILES string of the molecule is CC1C(O)C(O)C(n2cc(-c3ccccc3)c3c(Nc4ccc(F)cc4)ncnc32)[C@H]1C. The minimum Gasteiger partial charge on any atom is -0.390 e. The second kappa shape index (κ2) is 8.00. The van der Waals surface area contributed by atoms with Gasteiger partial charge in [-0.2, -0.15) is 0 Å². The van der Waals surface area contributed by atoms with Crippen LogP contribution in [0.15, 0.2) is 67.1 Å². The van der Waals surface area contributed by atoms with E-state index < -0.39 is 12.2 Å². The van der Waals surface area contributed by atoms with Gasteiger partial charge < -0.3 is 20.1 Å². The number of benzene rings is 2. The molecule has 0 amide bonds. The van der Waals surface area contributed by atoms with Crippen LogP contribution in [0.4, 0.5) is 15.9 Å². The van der Waals surface area contributed by atoms with Gasteiger partial charge in [0, 0.05) is 17.4 Å². The summed E-state index contributed by atoms with van der Waals surface area (Å²) in [7, 11) is 0. The summed E-state index contributed by atoms with van der Waals surface area (Å²) in [5, 5.41) is 25.4. The molecule has 3 N–H and O–H groups in total. The van der Waals surface area contributed by atoms with E-state index in [1.807, 2.05) is 54.9 Å². The fraction of sp³-hybridized carbons (Fsp3) is 0.280. The van der Waals surface area contributed by atoms with Gasteiger partial charge in [-0.25, -0.2) is 14.4 Å². The summed E-state index contributed by atoms with van der Waals surface area (Å²) in [4.78, 5) is 9.04. The van der Waals surface area contributed by atoms with E-state index in [1.54, 1.807) is 12.1 Å². The highest BCUT2D eigenvalue weighted by Gasteiger charge is 2.46. The number of anilines is 2. The number of aromatic nitrogens is 3. The Labute approximate surface area is 185 Å². The van der Waals surface area contributed by atoms with E-state index in [2.05, 4.69) is 15.3 Å². The number of aliphatic hydroxyl groups is 2. The Kier molecular flexibility index (Phi) is 5.15. The third-order valence-electron chi connectivity index (χ3n) is 6.73. The monoisotopic (exact) mass is 432 g/mol. The second-order valence-corrected chi connectivity index (χ2v) is 8.56. The topological polar surface area (TPSA) is 83.2 Å². The van der Waals surface area contributed by atoms with Crippen LogP contribution in [-0.2, 0) is 0 Å². The van der Waals surface area contributed by atoms with Gasteiger partial charge in [0.15, 0.2) is 0 Å². The van der Waals surface area contributed by atoms with Crippen molar-refractivity contribution in [2.45, 2.75) is 32.1 Å². The molecule has 1 aliphatic carbocycles. The van der Waals surface area contributed by atoms with Crippen molar-refractivity contribution in [3.63, 3.8) is 0 Å². The molecular formula is C25H25FN4O2. The van der Waals surface area contributed by atoms with E-state index in [1.165, 1.54) is 18.5 Å². The summed E-state index contributed by atoms with van der Waals surface area (Å²) in [5.41, 5.74) is 3.28. The Morgan fingerprint density at radius 3 is 2.28 bits per heavy atom. The van der Waals surface area contributed by atoms with Crippen molar-refractivity contribution in [3.8, 4) is 11.1 Å². The average molecular weight is 432 g/mol. The maximum absolute atomic E-state index is 13.4. The lowest BCUT2D eigenvalue weighted by molar-refractivity contribution is 0.00972. The van der Waals surface area contributed by atoms with Crippen LogP contribution in [0.5, 0.6) is 0 Å². The molecule has 0 aliphatic heterocycles. The van der Waals surface area contributed by atoms with Crippen LogP contribution >= 0.6 is 0 Å². The number of hydrogen-bond acceptors (Lipinski definition) is 5. The van der Waals surface area contributed by atoms with Crippen molar-refractivity contribution >= 4 is 22.5 Å². The summed E-state index contributed by atoms with van der Waals surface area (Å²) in [6, 6.07) is 15.7.